The maximum absolute atomic E-state index is 12.0. The lowest BCUT2D eigenvalue weighted by Gasteiger charge is -2.17. The topological polar surface area (TPSA) is 75.4 Å². The van der Waals surface area contributed by atoms with E-state index in [1.165, 1.54) is 6.26 Å². The van der Waals surface area contributed by atoms with E-state index < -0.39 is 6.10 Å². The number of hydrogen-bond donors (Lipinski definition) is 2. The van der Waals surface area contributed by atoms with Crippen molar-refractivity contribution >= 4 is 5.91 Å². The molecule has 2 rings (SSSR count). The minimum absolute atomic E-state index is 0.177. The largest absolute Gasteiger partial charge is 0.391 e. The molecule has 18 heavy (non-hydrogen) atoms. The second-order valence-electron chi connectivity index (χ2n) is 5.05. The first-order chi connectivity index (χ1) is 8.63. The van der Waals surface area contributed by atoms with Crippen molar-refractivity contribution in [2.45, 2.75) is 45.1 Å². The Morgan fingerprint density at radius 2 is 2.39 bits per heavy atom. The number of nitrogens with one attached hydrogen (secondary N) is 1. The van der Waals surface area contributed by atoms with Gasteiger partial charge in [0.15, 0.2) is 0 Å². The van der Waals surface area contributed by atoms with Gasteiger partial charge < -0.3 is 14.9 Å². The fourth-order valence-electron chi connectivity index (χ4n) is 1.83. The number of carbonyl (C=O) groups excluding carboxylic acids is 1. The molecule has 0 unspecified atom stereocenters. The number of aliphatic hydroxyl groups excluding tert-OH is 1. The molecule has 1 aromatic heterocycles. The minimum Gasteiger partial charge on any atom is -0.391 e. The molecule has 1 aromatic rings. The highest BCUT2D eigenvalue weighted by atomic mass is 16.5. The van der Waals surface area contributed by atoms with Crippen LogP contribution in [0.1, 0.15) is 55.1 Å². The summed E-state index contributed by atoms with van der Waals surface area (Å²) in [6.45, 7) is 4.25. The fraction of sp³-hybridized carbons (Fsp3) is 0.692. The van der Waals surface area contributed by atoms with Crippen LogP contribution in [0.25, 0.3) is 0 Å². The summed E-state index contributed by atoms with van der Waals surface area (Å²) in [5, 5.41) is 16.4. The summed E-state index contributed by atoms with van der Waals surface area (Å²) in [5.41, 5.74) is 1.26. The number of aliphatic hydroxyl groups is 1. The Morgan fingerprint density at radius 1 is 1.67 bits per heavy atom. The highest BCUT2D eigenvalue weighted by Crippen LogP contribution is 2.40. The highest BCUT2D eigenvalue weighted by Gasteiger charge is 2.31. The van der Waals surface area contributed by atoms with E-state index in [2.05, 4.69) is 10.5 Å². The fourth-order valence-corrected chi connectivity index (χ4v) is 1.83. The molecule has 0 aromatic carbocycles. The van der Waals surface area contributed by atoms with E-state index in [4.69, 9.17) is 4.52 Å². The molecule has 0 saturated heterocycles. The van der Waals surface area contributed by atoms with Crippen LogP contribution in [-0.2, 0) is 0 Å². The first kappa shape index (κ1) is 13.1. The number of amides is 1. The van der Waals surface area contributed by atoms with Gasteiger partial charge in [-0.3, -0.25) is 4.79 Å². The summed E-state index contributed by atoms with van der Waals surface area (Å²) in [4.78, 5) is 12.0. The summed E-state index contributed by atoms with van der Waals surface area (Å²) >= 11 is 0. The molecule has 0 spiro atoms. The highest BCUT2D eigenvalue weighted by molar-refractivity contribution is 5.95. The number of carbonyl (C=O) groups is 1. The molecule has 1 saturated carbocycles. The molecule has 0 radical (unpaired) electrons. The first-order valence-corrected chi connectivity index (χ1v) is 6.54. The Morgan fingerprint density at radius 3 is 3.00 bits per heavy atom. The van der Waals surface area contributed by atoms with Gasteiger partial charge >= 0.3 is 0 Å². The summed E-state index contributed by atoms with van der Waals surface area (Å²) in [6, 6.07) is 0. The number of rotatable bonds is 6. The monoisotopic (exact) mass is 252 g/mol. The number of nitrogens with zero attached hydrogens (tertiary/aromatic N) is 1. The van der Waals surface area contributed by atoms with Crippen LogP contribution in [0.15, 0.2) is 10.8 Å². The lowest BCUT2D eigenvalue weighted by molar-refractivity contribution is 0.0849. The van der Waals surface area contributed by atoms with Gasteiger partial charge in [0.1, 0.15) is 11.8 Å². The van der Waals surface area contributed by atoms with Crippen LogP contribution in [0, 0.1) is 5.92 Å². The summed E-state index contributed by atoms with van der Waals surface area (Å²) < 4.78 is 4.87. The van der Waals surface area contributed by atoms with Crippen LogP contribution in [0.5, 0.6) is 0 Å². The van der Waals surface area contributed by atoms with Gasteiger partial charge in [-0.25, -0.2) is 0 Å². The van der Waals surface area contributed by atoms with E-state index in [9.17, 15) is 9.90 Å². The van der Waals surface area contributed by atoms with Gasteiger partial charge in [0.25, 0.3) is 5.91 Å². The van der Waals surface area contributed by atoms with E-state index in [0.29, 0.717) is 11.5 Å². The van der Waals surface area contributed by atoms with Crippen LogP contribution in [-0.4, -0.2) is 28.8 Å². The smallest absolute Gasteiger partial charge is 0.256 e. The van der Waals surface area contributed by atoms with Gasteiger partial charge in [0.2, 0.25) is 0 Å². The van der Waals surface area contributed by atoms with Crippen LogP contribution in [0.3, 0.4) is 0 Å². The molecule has 0 aliphatic heterocycles. The van der Waals surface area contributed by atoms with E-state index in [-0.39, 0.29) is 18.4 Å². The molecule has 1 fully saturated rings. The molecule has 100 valence electrons. The Kier molecular flexibility index (Phi) is 4.01. The summed E-state index contributed by atoms with van der Waals surface area (Å²) in [6.07, 6.45) is 3.91. The van der Waals surface area contributed by atoms with Gasteiger partial charge in [-0.15, -0.1) is 0 Å². The van der Waals surface area contributed by atoms with Crippen LogP contribution in [0.2, 0.25) is 0 Å². The van der Waals surface area contributed by atoms with Gasteiger partial charge in [-0.1, -0.05) is 25.4 Å². The second-order valence-corrected chi connectivity index (χ2v) is 5.05. The SMILES string of the molecule is CC[C@H](C)[C@H](O)CNC(=O)c1conc1C1CC1. The van der Waals surface area contributed by atoms with Crippen molar-refractivity contribution in [2.24, 2.45) is 5.92 Å². The molecule has 5 heteroatoms. The maximum Gasteiger partial charge on any atom is 0.256 e. The average Bonchev–Trinajstić information content (AvgIpc) is 3.11. The van der Waals surface area contributed by atoms with Gasteiger partial charge in [0, 0.05) is 12.5 Å². The molecular weight excluding hydrogens is 232 g/mol. The van der Waals surface area contributed by atoms with Crippen molar-refractivity contribution in [2.75, 3.05) is 6.54 Å². The van der Waals surface area contributed by atoms with Crippen LogP contribution < -0.4 is 5.32 Å². The standard InChI is InChI=1S/C13H20N2O3/c1-3-8(2)11(16)6-14-13(17)10-7-18-15-12(10)9-4-5-9/h7-9,11,16H,3-6H2,1-2H3,(H,14,17)/t8-,11+/m0/s1. The minimum atomic E-state index is -0.511. The van der Waals surface area contributed by atoms with Gasteiger partial charge in [-0.05, 0) is 18.8 Å². The number of aromatic nitrogens is 1. The molecule has 1 amide bonds. The Balaban J connectivity index is 1.89. The van der Waals surface area contributed by atoms with Crippen LogP contribution in [0.4, 0.5) is 0 Å². The third-order valence-electron chi connectivity index (χ3n) is 3.58. The molecule has 1 heterocycles. The summed E-state index contributed by atoms with van der Waals surface area (Å²) in [5.74, 6) is 0.347. The zero-order chi connectivity index (χ0) is 13.1. The third-order valence-corrected chi connectivity index (χ3v) is 3.58. The van der Waals surface area contributed by atoms with Gasteiger partial charge in [-0.2, -0.15) is 0 Å². The lowest BCUT2D eigenvalue weighted by atomic mass is 10.0. The maximum atomic E-state index is 12.0. The van der Waals surface area contributed by atoms with E-state index in [1.54, 1.807) is 0 Å². The van der Waals surface area contributed by atoms with Crippen molar-refractivity contribution in [3.8, 4) is 0 Å². The zero-order valence-corrected chi connectivity index (χ0v) is 10.8. The van der Waals surface area contributed by atoms with Crippen molar-refractivity contribution in [1.82, 2.24) is 10.5 Å². The molecule has 0 bridgehead atoms. The molecule has 1 aliphatic carbocycles. The Bertz CT molecular complexity index is 412. The normalized spacial score (nSPS) is 18.4. The zero-order valence-electron chi connectivity index (χ0n) is 10.8. The Labute approximate surface area is 107 Å². The van der Waals surface area contributed by atoms with Crippen LogP contribution >= 0.6 is 0 Å². The van der Waals surface area contributed by atoms with Gasteiger partial charge in [0.05, 0.1) is 11.8 Å². The van der Waals surface area contributed by atoms with E-state index in [1.807, 2.05) is 13.8 Å². The van der Waals surface area contributed by atoms with E-state index in [0.717, 1.165) is 25.0 Å². The van der Waals surface area contributed by atoms with Crippen molar-refractivity contribution in [3.63, 3.8) is 0 Å². The predicted octanol–water partition coefficient (Wildman–Crippen LogP) is 1.69. The lowest BCUT2D eigenvalue weighted by Crippen LogP contribution is -2.35. The molecule has 2 atom stereocenters. The summed E-state index contributed by atoms with van der Waals surface area (Å²) in [7, 11) is 0. The van der Waals surface area contributed by atoms with Crippen molar-refractivity contribution in [3.05, 3.63) is 17.5 Å². The quantitative estimate of drug-likeness (QED) is 0.807. The van der Waals surface area contributed by atoms with Crippen molar-refractivity contribution in [1.29, 1.82) is 0 Å². The third kappa shape index (κ3) is 2.90. The predicted molar refractivity (Wildman–Crippen MR) is 66.3 cm³/mol. The average molecular weight is 252 g/mol. The van der Waals surface area contributed by atoms with E-state index >= 15 is 0 Å². The van der Waals surface area contributed by atoms with Crippen molar-refractivity contribution < 1.29 is 14.4 Å². The second kappa shape index (κ2) is 5.52. The molecule has 2 N–H and O–H groups in total. The number of hydrogen-bond acceptors (Lipinski definition) is 4. The molecule has 5 nitrogen and oxygen atoms in total. The molecule has 1 aliphatic rings. The molecular formula is C13H20N2O3. The first-order valence-electron chi connectivity index (χ1n) is 6.54. The Hall–Kier alpha value is -1.36.